The molecule has 1 rings (SSSR count). The maximum Gasteiger partial charge on any atom is 0.0446 e. The fraction of sp³-hybridized carbons (Fsp3) is 1.00. The Balaban J connectivity index is 2.36. The third-order valence-electron chi connectivity index (χ3n) is 2.33. The number of hydrogen-bond donors (Lipinski definition) is 2. The Morgan fingerprint density at radius 1 is 1.69 bits per heavy atom. The molecule has 3 nitrogen and oxygen atoms in total. The Morgan fingerprint density at radius 2 is 2.46 bits per heavy atom. The molecule has 0 aromatic heterocycles. The quantitative estimate of drug-likeness (QED) is 0.683. The molecule has 1 fully saturated rings. The van der Waals surface area contributed by atoms with Crippen LogP contribution in [0.3, 0.4) is 0 Å². The molecule has 0 amide bonds. The molecule has 2 unspecified atom stereocenters. The highest BCUT2D eigenvalue weighted by Crippen LogP contribution is 2.18. The van der Waals surface area contributed by atoms with Crippen LogP contribution in [0.2, 0.25) is 0 Å². The molecule has 1 heterocycles. The van der Waals surface area contributed by atoms with Crippen molar-refractivity contribution in [2.24, 2.45) is 5.73 Å². The van der Waals surface area contributed by atoms with E-state index < -0.39 is 0 Å². The van der Waals surface area contributed by atoms with Gasteiger partial charge in [0.1, 0.15) is 0 Å². The summed E-state index contributed by atoms with van der Waals surface area (Å²) in [5.74, 6) is 2.35. The molecule has 13 heavy (non-hydrogen) atoms. The third-order valence-corrected chi connectivity index (χ3v) is 3.43. The molecule has 3 N–H and O–H groups in total. The lowest BCUT2D eigenvalue weighted by molar-refractivity contribution is 0.168. The summed E-state index contributed by atoms with van der Waals surface area (Å²) >= 11 is 1.98. The molecule has 0 bridgehead atoms. The molecular weight excluding hydrogens is 184 g/mol. The van der Waals surface area contributed by atoms with Gasteiger partial charge in [-0.15, -0.1) is 0 Å². The third kappa shape index (κ3) is 3.85. The van der Waals surface area contributed by atoms with Crippen molar-refractivity contribution in [2.75, 3.05) is 31.2 Å². The summed E-state index contributed by atoms with van der Waals surface area (Å²) in [7, 11) is 0. The van der Waals surface area contributed by atoms with Crippen LogP contribution in [0.1, 0.15) is 13.3 Å². The van der Waals surface area contributed by atoms with E-state index in [4.69, 9.17) is 10.8 Å². The van der Waals surface area contributed by atoms with Crippen molar-refractivity contribution in [1.82, 2.24) is 4.90 Å². The Morgan fingerprint density at radius 3 is 3.08 bits per heavy atom. The number of nitrogens with two attached hydrogens (primary N) is 1. The fourth-order valence-corrected chi connectivity index (χ4v) is 2.89. The van der Waals surface area contributed by atoms with Gasteiger partial charge in [0.25, 0.3) is 0 Å². The van der Waals surface area contributed by atoms with Gasteiger partial charge in [0.05, 0.1) is 0 Å². The van der Waals surface area contributed by atoms with E-state index in [1.807, 2.05) is 18.7 Å². The van der Waals surface area contributed by atoms with Crippen LogP contribution in [0, 0.1) is 0 Å². The van der Waals surface area contributed by atoms with Gasteiger partial charge in [0, 0.05) is 43.3 Å². The smallest absolute Gasteiger partial charge is 0.0446 e. The van der Waals surface area contributed by atoms with E-state index in [9.17, 15) is 0 Å². The molecule has 1 aliphatic rings. The van der Waals surface area contributed by atoms with Gasteiger partial charge >= 0.3 is 0 Å². The molecule has 2 atom stereocenters. The summed E-state index contributed by atoms with van der Waals surface area (Å²) < 4.78 is 0. The minimum Gasteiger partial charge on any atom is -0.396 e. The first-order valence-electron chi connectivity index (χ1n) is 4.92. The zero-order valence-electron chi connectivity index (χ0n) is 8.28. The van der Waals surface area contributed by atoms with E-state index in [2.05, 4.69) is 4.90 Å². The monoisotopic (exact) mass is 204 g/mol. The van der Waals surface area contributed by atoms with Gasteiger partial charge in [0.15, 0.2) is 0 Å². The fourth-order valence-electron chi connectivity index (χ4n) is 1.71. The van der Waals surface area contributed by atoms with Gasteiger partial charge in [-0.25, -0.2) is 0 Å². The lowest BCUT2D eigenvalue weighted by atomic mass is 10.2. The van der Waals surface area contributed by atoms with Crippen LogP contribution in [0.15, 0.2) is 0 Å². The molecule has 1 aliphatic heterocycles. The number of nitrogens with zero attached hydrogens (tertiary/aromatic N) is 1. The Hall–Kier alpha value is 0.230. The van der Waals surface area contributed by atoms with Crippen LogP contribution in [-0.2, 0) is 0 Å². The molecule has 0 radical (unpaired) electrons. The van der Waals surface area contributed by atoms with E-state index in [0.29, 0.717) is 12.6 Å². The molecule has 0 aromatic rings. The first-order valence-corrected chi connectivity index (χ1v) is 6.07. The lowest BCUT2D eigenvalue weighted by Crippen LogP contribution is -2.47. The van der Waals surface area contributed by atoms with Crippen LogP contribution < -0.4 is 5.73 Å². The molecule has 0 saturated carbocycles. The van der Waals surface area contributed by atoms with Crippen molar-refractivity contribution in [3.05, 3.63) is 0 Å². The van der Waals surface area contributed by atoms with Gasteiger partial charge in [-0.1, -0.05) is 0 Å². The lowest BCUT2D eigenvalue weighted by Gasteiger charge is -2.36. The zero-order valence-corrected chi connectivity index (χ0v) is 9.09. The predicted molar refractivity (Wildman–Crippen MR) is 58.0 cm³/mol. The molecule has 0 aliphatic carbocycles. The minimum atomic E-state index is 0.240. The maximum absolute atomic E-state index is 8.90. The van der Waals surface area contributed by atoms with Crippen molar-refractivity contribution >= 4 is 11.8 Å². The molecule has 78 valence electrons. The van der Waals surface area contributed by atoms with E-state index in [0.717, 1.165) is 25.3 Å². The maximum atomic E-state index is 8.90. The van der Waals surface area contributed by atoms with Crippen molar-refractivity contribution in [3.63, 3.8) is 0 Å². The van der Waals surface area contributed by atoms with Gasteiger partial charge < -0.3 is 10.8 Å². The van der Waals surface area contributed by atoms with E-state index >= 15 is 0 Å². The van der Waals surface area contributed by atoms with Gasteiger partial charge in [0.2, 0.25) is 0 Å². The van der Waals surface area contributed by atoms with Crippen molar-refractivity contribution in [1.29, 1.82) is 0 Å². The average molecular weight is 204 g/mol. The molecular formula is C9H20N2OS. The number of thioether (sulfide) groups is 1. The first-order chi connectivity index (χ1) is 6.24. The number of rotatable bonds is 4. The Bertz CT molecular complexity index is 142. The zero-order chi connectivity index (χ0) is 9.68. The summed E-state index contributed by atoms with van der Waals surface area (Å²) in [4.78, 5) is 2.41. The highest BCUT2D eigenvalue weighted by atomic mass is 32.2. The summed E-state index contributed by atoms with van der Waals surface area (Å²) in [6, 6.07) is 0.777. The summed E-state index contributed by atoms with van der Waals surface area (Å²) in [6.07, 6.45) is 0.889. The predicted octanol–water partition coefficient (Wildman–Crippen LogP) is 0.133. The van der Waals surface area contributed by atoms with E-state index in [1.165, 1.54) is 5.75 Å². The largest absolute Gasteiger partial charge is 0.396 e. The van der Waals surface area contributed by atoms with Crippen molar-refractivity contribution in [2.45, 2.75) is 25.4 Å². The number of hydrogen-bond acceptors (Lipinski definition) is 4. The van der Waals surface area contributed by atoms with Crippen LogP contribution in [0.5, 0.6) is 0 Å². The van der Waals surface area contributed by atoms with Gasteiger partial charge in [-0.05, 0) is 13.3 Å². The van der Waals surface area contributed by atoms with Crippen molar-refractivity contribution in [3.8, 4) is 0 Å². The van der Waals surface area contributed by atoms with E-state index in [1.54, 1.807) is 0 Å². The highest BCUT2D eigenvalue weighted by Gasteiger charge is 2.22. The van der Waals surface area contributed by atoms with E-state index in [-0.39, 0.29) is 6.04 Å². The normalized spacial score (nSPS) is 27.5. The second-order valence-corrected chi connectivity index (χ2v) is 4.86. The standard InChI is InChI=1S/C9H20N2OS/c1-8(10)6-11-3-5-13-7-9(11)2-4-12/h8-9,12H,2-7,10H2,1H3. The number of aliphatic hydroxyl groups is 1. The Kier molecular flexibility index (Phi) is 5.09. The van der Waals surface area contributed by atoms with Crippen LogP contribution in [0.4, 0.5) is 0 Å². The molecule has 4 heteroatoms. The topological polar surface area (TPSA) is 49.5 Å². The number of aliphatic hydroxyl groups excluding tert-OH is 1. The van der Waals surface area contributed by atoms with Crippen molar-refractivity contribution < 1.29 is 5.11 Å². The molecule has 1 saturated heterocycles. The second kappa shape index (κ2) is 5.86. The SMILES string of the molecule is CC(N)CN1CCSCC1CCO. The molecule has 0 spiro atoms. The van der Waals surface area contributed by atoms with Gasteiger partial charge in [-0.2, -0.15) is 11.8 Å². The van der Waals surface area contributed by atoms with Crippen LogP contribution in [0.25, 0.3) is 0 Å². The average Bonchev–Trinajstić information content (AvgIpc) is 2.08. The Labute approximate surface area is 84.7 Å². The van der Waals surface area contributed by atoms with Crippen LogP contribution >= 0.6 is 11.8 Å². The minimum absolute atomic E-state index is 0.240. The first kappa shape index (κ1) is 11.3. The highest BCUT2D eigenvalue weighted by molar-refractivity contribution is 7.99. The second-order valence-electron chi connectivity index (χ2n) is 3.71. The summed E-state index contributed by atoms with van der Waals surface area (Å²) in [5.41, 5.74) is 5.77. The summed E-state index contributed by atoms with van der Waals surface area (Å²) in [5, 5.41) is 8.90. The van der Waals surface area contributed by atoms with Crippen LogP contribution in [-0.4, -0.2) is 53.3 Å². The molecule has 0 aromatic carbocycles. The summed E-state index contributed by atoms with van der Waals surface area (Å²) in [6.45, 7) is 4.42. The van der Waals surface area contributed by atoms with Gasteiger partial charge in [-0.3, -0.25) is 4.90 Å².